The number of benzene rings is 2. The summed E-state index contributed by atoms with van der Waals surface area (Å²) in [5.41, 5.74) is 2.78. The first-order valence-electron chi connectivity index (χ1n) is 8.90. The van der Waals surface area contributed by atoms with Gasteiger partial charge in [0.05, 0.1) is 30.6 Å². The van der Waals surface area contributed by atoms with Crippen molar-refractivity contribution in [2.45, 2.75) is 20.3 Å². The number of methoxy groups -OCH3 is 2. The molecule has 0 N–H and O–H groups in total. The summed E-state index contributed by atoms with van der Waals surface area (Å²) in [7, 11) is 3.32. The van der Waals surface area contributed by atoms with Crippen LogP contribution in [0.15, 0.2) is 40.9 Å². The van der Waals surface area contributed by atoms with E-state index in [-0.39, 0.29) is 0 Å². The molecule has 0 atom stereocenters. The molecule has 2 aromatic carbocycles. The lowest BCUT2D eigenvalue weighted by Crippen LogP contribution is -2.18. The van der Waals surface area contributed by atoms with E-state index in [1.165, 1.54) is 0 Å². The number of hydrogen-bond acceptors (Lipinski definition) is 5. The van der Waals surface area contributed by atoms with Gasteiger partial charge < -0.3 is 14.4 Å². The summed E-state index contributed by atoms with van der Waals surface area (Å²) in [4.78, 5) is 8.25. The molecule has 0 saturated heterocycles. The summed E-state index contributed by atoms with van der Waals surface area (Å²) < 4.78 is 11.8. The molecule has 0 aliphatic carbocycles. The lowest BCUT2D eigenvalue weighted by Gasteiger charge is -2.23. The number of hydrogen-bond donors (Lipinski definition) is 0. The highest BCUT2D eigenvalue weighted by atomic mass is 79.9. The number of ether oxygens (including phenoxy) is 2. The maximum absolute atomic E-state index is 6.49. The van der Waals surface area contributed by atoms with Crippen LogP contribution < -0.4 is 14.4 Å². The van der Waals surface area contributed by atoms with Crippen LogP contribution in [0, 0.1) is 6.92 Å². The smallest absolute Gasteiger partial charge is 0.190 e. The normalized spacial score (nSPS) is 10.8. The average Bonchev–Trinajstić information content (AvgIpc) is 3.07. The van der Waals surface area contributed by atoms with Gasteiger partial charge in [0.2, 0.25) is 0 Å². The highest BCUT2D eigenvalue weighted by molar-refractivity contribution is 9.10. The van der Waals surface area contributed by atoms with E-state index in [4.69, 9.17) is 26.1 Å². The van der Waals surface area contributed by atoms with Gasteiger partial charge >= 0.3 is 0 Å². The molecule has 1 heterocycles. The van der Waals surface area contributed by atoms with E-state index in [1.807, 2.05) is 30.3 Å². The van der Waals surface area contributed by atoms with Gasteiger partial charge in [-0.25, -0.2) is 4.98 Å². The molecule has 0 spiro atoms. The molecule has 0 amide bonds. The third-order valence-corrected chi connectivity index (χ3v) is 6.13. The molecule has 0 aliphatic rings. The SMILES string of the molecule is CCCN(c1nc(-c2ccc(OC)cc2Cl)c(C)s1)c1cc(Br)ccc1OC. The van der Waals surface area contributed by atoms with Crippen LogP contribution in [0.3, 0.4) is 0 Å². The number of rotatable bonds is 7. The van der Waals surface area contributed by atoms with Gasteiger partial charge in [0.25, 0.3) is 0 Å². The predicted molar refractivity (Wildman–Crippen MR) is 122 cm³/mol. The first kappa shape index (κ1) is 21.0. The maximum Gasteiger partial charge on any atom is 0.190 e. The molecule has 3 rings (SSSR count). The molecule has 0 saturated carbocycles. The second-order valence-electron chi connectivity index (χ2n) is 6.21. The Morgan fingerprint density at radius 2 is 1.93 bits per heavy atom. The quantitative estimate of drug-likeness (QED) is 0.360. The minimum atomic E-state index is 0.626. The number of thiazole rings is 1. The van der Waals surface area contributed by atoms with Crippen LogP contribution in [0.4, 0.5) is 10.8 Å². The van der Waals surface area contributed by atoms with Crippen molar-refractivity contribution in [3.63, 3.8) is 0 Å². The van der Waals surface area contributed by atoms with Crippen LogP contribution in [0.1, 0.15) is 18.2 Å². The third-order valence-electron chi connectivity index (χ3n) is 4.33. The summed E-state index contributed by atoms with van der Waals surface area (Å²) >= 11 is 11.7. The summed E-state index contributed by atoms with van der Waals surface area (Å²) in [6, 6.07) is 11.7. The van der Waals surface area contributed by atoms with E-state index >= 15 is 0 Å². The summed E-state index contributed by atoms with van der Waals surface area (Å²) in [6.45, 7) is 5.05. The Labute approximate surface area is 183 Å². The van der Waals surface area contributed by atoms with Crippen LogP contribution in [0.5, 0.6) is 11.5 Å². The van der Waals surface area contributed by atoms with Crippen molar-refractivity contribution >= 4 is 49.7 Å². The van der Waals surface area contributed by atoms with E-state index in [0.29, 0.717) is 5.02 Å². The van der Waals surface area contributed by atoms with E-state index in [9.17, 15) is 0 Å². The average molecular weight is 482 g/mol. The first-order chi connectivity index (χ1) is 13.5. The standard InChI is InChI=1S/C21H22BrClN2O2S/c1-5-10-25(18-11-14(22)6-9-19(18)27-4)21-24-20(13(2)28-21)16-8-7-15(26-3)12-17(16)23/h6-9,11-12H,5,10H2,1-4H3. The molecule has 1 aromatic heterocycles. The Morgan fingerprint density at radius 3 is 2.57 bits per heavy atom. The summed E-state index contributed by atoms with van der Waals surface area (Å²) in [6.07, 6.45) is 0.979. The van der Waals surface area contributed by atoms with E-state index < -0.39 is 0 Å². The molecule has 0 unspecified atom stereocenters. The Bertz CT molecular complexity index is 977. The molecular formula is C21H22BrClN2O2S. The van der Waals surface area contributed by atoms with E-state index in [1.54, 1.807) is 25.6 Å². The molecule has 28 heavy (non-hydrogen) atoms. The third kappa shape index (κ3) is 4.29. The van der Waals surface area contributed by atoms with Gasteiger partial charge in [0.1, 0.15) is 11.5 Å². The second-order valence-corrected chi connectivity index (χ2v) is 8.72. The molecule has 148 valence electrons. The summed E-state index contributed by atoms with van der Waals surface area (Å²) in [5.74, 6) is 1.54. The van der Waals surface area contributed by atoms with Crippen LogP contribution in [-0.2, 0) is 0 Å². The topological polar surface area (TPSA) is 34.6 Å². The number of nitrogens with zero attached hydrogens (tertiary/aromatic N) is 2. The minimum Gasteiger partial charge on any atom is -0.497 e. The predicted octanol–water partition coefficient (Wildman–Crippen LogP) is 7.10. The van der Waals surface area contributed by atoms with Gasteiger partial charge in [-0.05, 0) is 49.7 Å². The van der Waals surface area contributed by atoms with Gasteiger partial charge in [-0.1, -0.05) is 34.5 Å². The van der Waals surface area contributed by atoms with Crippen LogP contribution in [0.25, 0.3) is 11.3 Å². The highest BCUT2D eigenvalue weighted by Gasteiger charge is 2.21. The Balaban J connectivity index is 2.07. The van der Waals surface area contributed by atoms with Crippen molar-refractivity contribution in [2.24, 2.45) is 0 Å². The fraction of sp³-hybridized carbons (Fsp3) is 0.286. The fourth-order valence-corrected chi connectivity index (χ4v) is 4.55. The molecule has 0 radical (unpaired) electrons. The number of anilines is 2. The van der Waals surface area contributed by atoms with Crippen LogP contribution >= 0.6 is 38.9 Å². The fourth-order valence-electron chi connectivity index (χ4n) is 2.98. The minimum absolute atomic E-state index is 0.626. The largest absolute Gasteiger partial charge is 0.497 e. The molecule has 7 heteroatoms. The Kier molecular flexibility index (Phi) is 6.86. The zero-order chi connectivity index (χ0) is 20.3. The first-order valence-corrected chi connectivity index (χ1v) is 10.9. The Hall–Kier alpha value is -1.76. The molecular weight excluding hydrogens is 460 g/mol. The van der Waals surface area contributed by atoms with Crippen LogP contribution in [-0.4, -0.2) is 25.7 Å². The van der Waals surface area contributed by atoms with Crippen molar-refractivity contribution in [1.29, 1.82) is 0 Å². The van der Waals surface area contributed by atoms with Gasteiger partial charge in [-0.3, -0.25) is 0 Å². The van der Waals surface area contributed by atoms with E-state index in [2.05, 4.69) is 40.7 Å². The van der Waals surface area contributed by atoms with Gasteiger partial charge in [-0.2, -0.15) is 0 Å². The number of aromatic nitrogens is 1. The van der Waals surface area contributed by atoms with Crippen molar-refractivity contribution in [3.05, 3.63) is 50.8 Å². The number of halogens is 2. The second kappa shape index (κ2) is 9.16. The number of aryl methyl sites for hydroxylation is 1. The van der Waals surface area contributed by atoms with Crippen LogP contribution in [0.2, 0.25) is 5.02 Å². The lowest BCUT2D eigenvalue weighted by atomic mass is 10.1. The van der Waals surface area contributed by atoms with Gasteiger partial charge in [0, 0.05) is 21.5 Å². The Morgan fingerprint density at radius 1 is 1.14 bits per heavy atom. The van der Waals surface area contributed by atoms with Crippen molar-refractivity contribution in [1.82, 2.24) is 4.98 Å². The monoisotopic (exact) mass is 480 g/mol. The lowest BCUT2D eigenvalue weighted by molar-refractivity contribution is 0.415. The molecule has 4 nitrogen and oxygen atoms in total. The molecule has 3 aromatic rings. The van der Waals surface area contributed by atoms with E-state index in [0.717, 1.165) is 55.9 Å². The van der Waals surface area contributed by atoms with Crippen molar-refractivity contribution < 1.29 is 9.47 Å². The molecule has 0 bridgehead atoms. The maximum atomic E-state index is 6.49. The summed E-state index contributed by atoms with van der Waals surface area (Å²) in [5, 5.41) is 1.54. The zero-order valence-electron chi connectivity index (χ0n) is 16.3. The van der Waals surface area contributed by atoms with Crippen molar-refractivity contribution in [3.8, 4) is 22.8 Å². The zero-order valence-corrected chi connectivity index (χ0v) is 19.4. The highest BCUT2D eigenvalue weighted by Crippen LogP contribution is 2.42. The molecule has 0 aliphatic heterocycles. The van der Waals surface area contributed by atoms with Crippen molar-refractivity contribution in [2.75, 3.05) is 25.7 Å². The van der Waals surface area contributed by atoms with Gasteiger partial charge in [-0.15, -0.1) is 11.3 Å². The van der Waals surface area contributed by atoms with Gasteiger partial charge in [0.15, 0.2) is 5.13 Å². The molecule has 0 fully saturated rings.